The summed E-state index contributed by atoms with van der Waals surface area (Å²) in [5.74, 6) is 0. The van der Waals surface area contributed by atoms with Crippen molar-refractivity contribution in [2.75, 3.05) is 0 Å². The third-order valence-electron chi connectivity index (χ3n) is 2.09. The van der Waals surface area contributed by atoms with Crippen LogP contribution >= 0.6 is 11.3 Å². The molecule has 0 bridgehead atoms. The molecule has 0 aromatic carbocycles. The summed E-state index contributed by atoms with van der Waals surface area (Å²) in [7, 11) is 0. The molecule has 2 rings (SSSR count). The van der Waals surface area contributed by atoms with Crippen LogP contribution in [0.4, 0.5) is 0 Å². The molecule has 0 unspecified atom stereocenters. The summed E-state index contributed by atoms with van der Waals surface area (Å²) in [5.41, 5.74) is 0.996. The molecule has 0 radical (unpaired) electrons. The first-order chi connectivity index (χ1) is 7.85. The van der Waals surface area contributed by atoms with Crippen molar-refractivity contribution in [2.45, 2.75) is 13.0 Å². The van der Waals surface area contributed by atoms with Gasteiger partial charge in [0.05, 0.1) is 11.8 Å². The first-order valence-corrected chi connectivity index (χ1v) is 5.45. The van der Waals surface area contributed by atoms with Gasteiger partial charge in [-0.05, 0) is 11.4 Å². The van der Waals surface area contributed by atoms with E-state index >= 15 is 0 Å². The van der Waals surface area contributed by atoms with Gasteiger partial charge in [0.15, 0.2) is 5.69 Å². The van der Waals surface area contributed by atoms with Crippen LogP contribution in [0.5, 0.6) is 0 Å². The number of nitrogens with zero attached hydrogens (tertiary/aromatic N) is 5. The van der Waals surface area contributed by atoms with Gasteiger partial charge >= 0.3 is 0 Å². The van der Waals surface area contributed by atoms with Crippen molar-refractivity contribution in [1.82, 2.24) is 15.0 Å². The van der Waals surface area contributed by atoms with Gasteiger partial charge < -0.3 is 0 Å². The van der Waals surface area contributed by atoms with Crippen molar-refractivity contribution in [3.05, 3.63) is 33.8 Å². The maximum absolute atomic E-state index is 8.88. The average molecular weight is 229 g/mol. The van der Waals surface area contributed by atoms with Crippen molar-refractivity contribution in [1.29, 1.82) is 10.5 Å². The van der Waals surface area contributed by atoms with E-state index in [1.165, 1.54) is 4.68 Å². The first-order valence-electron chi connectivity index (χ1n) is 4.57. The predicted molar refractivity (Wildman–Crippen MR) is 57.5 cm³/mol. The van der Waals surface area contributed by atoms with Gasteiger partial charge in [-0.3, -0.25) is 0 Å². The number of rotatable bonds is 3. The van der Waals surface area contributed by atoms with Gasteiger partial charge in [0.25, 0.3) is 0 Å². The number of thiophene rings is 1. The molecule has 2 heterocycles. The zero-order valence-corrected chi connectivity index (χ0v) is 9.11. The van der Waals surface area contributed by atoms with Crippen LogP contribution in [0.2, 0.25) is 0 Å². The quantitative estimate of drug-likeness (QED) is 0.795. The third-order valence-corrected chi connectivity index (χ3v) is 2.96. The normalized spacial score (nSPS) is 9.62. The Labute approximate surface area is 96.2 Å². The molecule has 0 amide bonds. The number of aromatic nitrogens is 3. The highest BCUT2D eigenvalue weighted by Gasteiger charge is 2.13. The Bertz CT molecular complexity index is 555. The van der Waals surface area contributed by atoms with Crippen molar-refractivity contribution in [2.24, 2.45) is 0 Å². The molecule has 0 aliphatic carbocycles. The lowest BCUT2D eigenvalue weighted by Crippen LogP contribution is -2.04. The topological polar surface area (TPSA) is 78.3 Å². The van der Waals surface area contributed by atoms with Gasteiger partial charge in [0, 0.05) is 11.3 Å². The highest BCUT2D eigenvalue weighted by Crippen LogP contribution is 2.16. The Morgan fingerprint density at radius 1 is 1.44 bits per heavy atom. The molecule has 0 spiro atoms. The van der Waals surface area contributed by atoms with Crippen molar-refractivity contribution in [3.63, 3.8) is 0 Å². The van der Waals surface area contributed by atoms with E-state index < -0.39 is 0 Å². The largest absolute Gasteiger partial charge is 0.233 e. The standard InChI is InChI=1S/C10H7N5S/c11-3-4-15-10(9(7-12)13-14-15)6-8-2-1-5-16-8/h1-2,5H,4,6H2. The van der Waals surface area contributed by atoms with Crippen LogP contribution in [-0.4, -0.2) is 15.0 Å². The van der Waals surface area contributed by atoms with Crippen LogP contribution in [0, 0.1) is 22.7 Å². The minimum atomic E-state index is 0.120. The molecule has 0 saturated heterocycles. The van der Waals surface area contributed by atoms with Gasteiger partial charge in [-0.25, -0.2) is 4.68 Å². The van der Waals surface area contributed by atoms with E-state index in [-0.39, 0.29) is 6.54 Å². The van der Waals surface area contributed by atoms with Crippen LogP contribution in [0.25, 0.3) is 0 Å². The summed E-state index contributed by atoms with van der Waals surface area (Å²) in [6.07, 6.45) is 0.592. The second kappa shape index (κ2) is 4.56. The summed E-state index contributed by atoms with van der Waals surface area (Å²) in [5, 5.41) is 27.0. The second-order valence-corrected chi connectivity index (χ2v) is 4.10. The van der Waals surface area contributed by atoms with E-state index in [0.29, 0.717) is 17.8 Å². The zero-order valence-electron chi connectivity index (χ0n) is 8.29. The lowest BCUT2D eigenvalue weighted by atomic mass is 10.2. The van der Waals surface area contributed by atoms with Crippen molar-refractivity contribution in [3.8, 4) is 12.1 Å². The van der Waals surface area contributed by atoms with Crippen LogP contribution in [0.1, 0.15) is 16.3 Å². The summed E-state index contributed by atoms with van der Waals surface area (Å²) in [4.78, 5) is 1.12. The molecule has 0 fully saturated rings. The van der Waals surface area contributed by atoms with E-state index in [2.05, 4.69) is 10.3 Å². The molecule has 0 aliphatic rings. The molecule has 6 heteroatoms. The Balaban J connectivity index is 2.34. The molecule has 2 aromatic heterocycles. The third kappa shape index (κ3) is 1.92. The smallest absolute Gasteiger partial charge is 0.186 e. The van der Waals surface area contributed by atoms with E-state index in [1.807, 2.05) is 29.7 Å². The van der Waals surface area contributed by atoms with E-state index in [0.717, 1.165) is 4.88 Å². The summed E-state index contributed by atoms with van der Waals surface area (Å²) >= 11 is 1.61. The van der Waals surface area contributed by atoms with Crippen molar-refractivity contribution >= 4 is 11.3 Å². The number of hydrogen-bond acceptors (Lipinski definition) is 5. The maximum Gasteiger partial charge on any atom is 0.186 e. The summed E-state index contributed by atoms with van der Waals surface area (Å²) in [6, 6.07) is 7.91. The molecule has 0 N–H and O–H groups in total. The molecule has 16 heavy (non-hydrogen) atoms. The fraction of sp³-hybridized carbons (Fsp3) is 0.200. The summed E-state index contributed by atoms with van der Waals surface area (Å²) in [6.45, 7) is 0.120. The molecular weight excluding hydrogens is 222 g/mol. The van der Waals surface area contributed by atoms with Crippen LogP contribution in [0.15, 0.2) is 17.5 Å². The Kier molecular flexibility index (Phi) is 2.95. The second-order valence-electron chi connectivity index (χ2n) is 3.07. The summed E-state index contributed by atoms with van der Waals surface area (Å²) < 4.78 is 1.47. The Morgan fingerprint density at radius 3 is 2.94 bits per heavy atom. The molecule has 0 atom stereocenters. The van der Waals surface area contributed by atoms with Gasteiger partial charge in [0.2, 0.25) is 0 Å². The molecule has 0 aliphatic heterocycles. The van der Waals surface area contributed by atoms with E-state index in [1.54, 1.807) is 11.3 Å². The lowest BCUT2D eigenvalue weighted by molar-refractivity contribution is 0.643. The number of nitriles is 2. The fourth-order valence-electron chi connectivity index (χ4n) is 1.37. The average Bonchev–Trinajstić information content (AvgIpc) is 2.91. The SMILES string of the molecule is N#CCn1nnc(C#N)c1Cc1cccs1. The molecule has 0 saturated carbocycles. The van der Waals surface area contributed by atoms with Crippen LogP contribution < -0.4 is 0 Å². The van der Waals surface area contributed by atoms with Gasteiger partial charge in [-0.2, -0.15) is 10.5 Å². The Morgan fingerprint density at radius 2 is 2.31 bits per heavy atom. The Hall–Kier alpha value is -2.18. The van der Waals surface area contributed by atoms with E-state index in [9.17, 15) is 0 Å². The molecule has 5 nitrogen and oxygen atoms in total. The molecule has 2 aromatic rings. The van der Waals surface area contributed by atoms with E-state index in [4.69, 9.17) is 10.5 Å². The zero-order chi connectivity index (χ0) is 11.4. The fourth-order valence-corrected chi connectivity index (χ4v) is 2.08. The highest BCUT2D eigenvalue weighted by atomic mass is 32.1. The highest BCUT2D eigenvalue weighted by molar-refractivity contribution is 7.09. The maximum atomic E-state index is 8.88. The van der Waals surface area contributed by atoms with Crippen molar-refractivity contribution < 1.29 is 0 Å². The van der Waals surface area contributed by atoms with Crippen LogP contribution in [-0.2, 0) is 13.0 Å². The van der Waals surface area contributed by atoms with Crippen LogP contribution in [0.3, 0.4) is 0 Å². The van der Waals surface area contributed by atoms with Gasteiger partial charge in [0.1, 0.15) is 12.6 Å². The first kappa shape index (κ1) is 10.3. The molecular formula is C10H7N5S. The monoisotopic (exact) mass is 229 g/mol. The predicted octanol–water partition coefficient (Wildman–Crippen LogP) is 1.33. The molecule has 78 valence electrons. The van der Waals surface area contributed by atoms with Gasteiger partial charge in [-0.15, -0.1) is 16.4 Å². The minimum absolute atomic E-state index is 0.120. The lowest BCUT2D eigenvalue weighted by Gasteiger charge is -2.00. The minimum Gasteiger partial charge on any atom is -0.233 e. The van der Waals surface area contributed by atoms with Gasteiger partial charge in [-0.1, -0.05) is 11.3 Å². The number of hydrogen-bond donors (Lipinski definition) is 0.